The lowest BCUT2D eigenvalue weighted by Gasteiger charge is -2.07. The van der Waals surface area contributed by atoms with Crippen LogP contribution in [0.1, 0.15) is 11.5 Å². The van der Waals surface area contributed by atoms with Gasteiger partial charge < -0.3 is 18.4 Å². The average molecular weight is 479 g/mol. The molecule has 3 aromatic heterocycles. The van der Waals surface area contributed by atoms with Crippen molar-refractivity contribution >= 4 is 22.7 Å². The Labute approximate surface area is 198 Å². The van der Waals surface area contributed by atoms with Gasteiger partial charge in [-0.1, -0.05) is 28.9 Å². The maximum absolute atomic E-state index is 13.3. The molecule has 172 valence electrons. The number of hydrogen-bond donors (Lipinski definition) is 0. The second-order valence-electron chi connectivity index (χ2n) is 7.48. The van der Waals surface area contributed by atoms with Crippen molar-refractivity contribution in [2.24, 2.45) is 0 Å². The third-order valence-corrected chi connectivity index (χ3v) is 5.68. The summed E-state index contributed by atoms with van der Waals surface area (Å²) in [5.41, 5.74) is 2.21. The summed E-state index contributed by atoms with van der Waals surface area (Å²) < 4.78 is 23.3. The molecule has 0 saturated heterocycles. The largest absolute Gasteiger partial charge is 0.497 e. The van der Waals surface area contributed by atoms with Crippen LogP contribution in [0.25, 0.3) is 33.8 Å². The van der Waals surface area contributed by atoms with E-state index >= 15 is 0 Å². The number of nitrogens with zero attached hydrogens (tertiary/aromatic N) is 4. The fourth-order valence-corrected chi connectivity index (χ4v) is 3.75. The minimum atomic E-state index is -0.304. The van der Waals surface area contributed by atoms with Crippen LogP contribution in [-0.4, -0.2) is 33.9 Å². The predicted octanol–water partition coefficient (Wildman–Crippen LogP) is 4.73. The summed E-state index contributed by atoms with van der Waals surface area (Å²) in [5.74, 6) is 2.16. The summed E-state index contributed by atoms with van der Waals surface area (Å²) >= 11 is 5.98. The lowest BCUT2D eigenvalue weighted by Crippen LogP contribution is -2.21. The first kappa shape index (κ1) is 21.7. The molecule has 5 rings (SSSR count). The quantitative estimate of drug-likeness (QED) is 0.344. The zero-order valence-corrected chi connectivity index (χ0v) is 19.3. The predicted molar refractivity (Wildman–Crippen MR) is 125 cm³/mol. The van der Waals surface area contributed by atoms with E-state index in [0.29, 0.717) is 50.7 Å². The van der Waals surface area contributed by atoms with Gasteiger partial charge >= 0.3 is 0 Å². The van der Waals surface area contributed by atoms with E-state index in [-0.39, 0.29) is 23.2 Å². The number of halogens is 1. The Morgan fingerprint density at radius 3 is 2.62 bits per heavy atom. The number of rotatable bonds is 6. The fourth-order valence-electron chi connectivity index (χ4n) is 3.62. The van der Waals surface area contributed by atoms with Crippen molar-refractivity contribution in [1.29, 1.82) is 0 Å². The Morgan fingerprint density at radius 2 is 1.88 bits per heavy atom. The topological polar surface area (TPSA) is 105 Å². The Bertz CT molecular complexity index is 1550. The number of oxazole rings is 1. The number of benzene rings is 2. The number of fused-ring (bicyclic) bond motifs is 1. The molecule has 9 nitrogen and oxygen atoms in total. The van der Waals surface area contributed by atoms with Crippen LogP contribution in [0.4, 0.5) is 0 Å². The van der Waals surface area contributed by atoms with Crippen LogP contribution in [-0.2, 0) is 6.54 Å². The van der Waals surface area contributed by atoms with Gasteiger partial charge in [0.05, 0.1) is 26.3 Å². The summed E-state index contributed by atoms with van der Waals surface area (Å²) in [7, 11) is 3.14. The van der Waals surface area contributed by atoms with Crippen molar-refractivity contribution in [1.82, 2.24) is 19.7 Å². The number of aromatic nitrogens is 4. The maximum Gasteiger partial charge on any atom is 0.267 e. The summed E-state index contributed by atoms with van der Waals surface area (Å²) in [6.45, 7) is 1.94. The molecule has 0 amide bonds. The van der Waals surface area contributed by atoms with Crippen LogP contribution in [0.2, 0.25) is 5.02 Å². The first-order valence-corrected chi connectivity index (χ1v) is 10.7. The Hall–Kier alpha value is -4.11. The number of methoxy groups -OCH3 is 2. The molecule has 34 heavy (non-hydrogen) atoms. The molecule has 0 aliphatic heterocycles. The number of ether oxygens (including phenoxy) is 2. The molecule has 0 unspecified atom stereocenters. The average Bonchev–Trinajstić information content (AvgIpc) is 3.45. The highest BCUT2D eigenvalue weighted by Gasteiger charge is 2.20. The molecule has 0 saturated carbocycles. The second kappa shape index (κ2) is 8.68. The van der Waals surface area contributed by atoms with E-state index in [1.807, 2.05) is 6.07 Å². The zero-order chi connectivity index (χ0) is 23.8. The van der Waals surface area contributed by atoms with E-state index in [4.69, 9.17) is 30.0 Å². The Kier molecular flexibility index (Phi) is 5.54. The van der Waals surface area contributed by atoms with Gasteiger partial charge in [0.25, 0.3) is 11.3 Å². The molecule has 0 N–H and O–H groups in total. The van der Waals surface area contributed by atoms with Crippen LogP contribution < -0.4 is 15.0 Å². The molecule has 0 atom stereocenters. The van der Waals surface area contributed by atoms with Crippen LogP contribution >= 0.6 is 11.6 Å². The summed E-state index contributed by atoms with van der Waals surface area (Å²) in [6, 6.07) is 12.3. The molecular weight excluding hydrogens is 460 g/mol. The fraction of sp³-hybridized carbons (Fsp3) is 0.167. The first-order valence-electron chi connectivity index (χ1n) is 10.3. The van der Waals surface area contributed by atoms with Gasteiger partial charge in [-0.25, -0.2) is 9.97 Å². The lowest BCUT2D eigenvalue weighted by molar-refractivity contribution is 0.394. The summed E-state index contributed by atoms with van der Waals surface area (Å²) in [4.78, 5) is 22.2. The van der Waals surface area contributed by atoms with Crippen molar-refractivity contribution in [3.05, 3.63) is 75.6 Å². The standard InChI is InChI=1S/C24H19ClN4O5/c1-13-18(27-22(33-13)17-9-8-16(31-2)10-19(17)32-3)11-29-12-26-23-20(24(29)30)21(28-34-23)14-4-6-15(25)7-5-14/h4-10,12H,11H2,1-3H3. The zero-order valence-electron chi connectivity index (χ0n) is 18.5. The molecule has 0 bridgehead atoms. The van der Waals surface area contributed by atoms with Crippen molar-refractivity contribution in [2.75, 3.05) is 14.2 Å². The van der Waals surface area contributed by atoms with E-state index in [1.54, 1.807) is 57.5 Å². The van der Waals surface area contributed by atoms with Crippen LogP contribution in [0.15, 0.2) is 62.5 Å². The molecule has 0 radical (unpaired) electrons. The monoisotopic (exact) mass is 478 g/mol. The van der Waals surface area contributed by atoms with Gasteiger partial charge in [0, 0.05) is 16.7 Å². The van der Waals surface area contributed by atoms with E-state index in [2.05, 4.69) is 15.1 Å². The van der Waals surface area contributed by atoms with E-state index in [1.165, 1.54) is 10.9 Å². The van der Waals surface area contributed by atoms with E-state index in [0.717, 1.165) is 0 Å². The van der Waals surface area contributed by atoms with Gasteiger partial charge in [0.1, 0.15) is 40.4 Å². The summed E-state index contributed by atoms with van der Waals surface area (Å²) in [5, 5.41) is 4.91. The minimum Gasteiger partial charge on any atom is -0.497 e. The second-order valence-corrected chi connectivity index (χ2v) is 7.92. The smallest absolute Gasteiger partial charge is 0.267 e. The molecule has 0 spiro atoms. The minimum absolute atomic E-state index is 0.154. The van der Waals surface area contributed by atoms with Gasteiger partial charge in [-0.15, -0.1) is 0 Å². The third kappa shape index (κ3) is 3.80. The van der Waals surface area contributed by atoms with E-state index < -0.39 is 0 Å². The van der Waals surface area contributed by atoms with Crippen LogP contribution in [0.3, 0.4) is 0 Å². The van der Waals surface area contributed by atoms with Gasteiger partial charge in [-0.05, 0) is 31.2 Å². The van der Waals surface area contributed by atoms with Crippen molar-refractivity contribution in [3.8, 4) is 34.2 Å². The highest BCUT2D eigenvalue weighted by molar-refractivity contribution is 6.30. The van der Waals surface area contributed by atoms with Gasteiger partial charge in [0.2, 0.25) is 5.89 Å². The highest BCUT2D eigenvalue weighted by atomic mass is 35.5. The number of aryl methyl sites for hydroxylation is 1. The van der Waals surface area contributed by atoms with Gasteiger partial charge in [-0.2, -0.15) is 0 Å². The van der Waals surface area contributed by atoms with Crippen molar-refractivity contribution in [2.45, 2.75) is 13.5 Å². The van der Waals surface area contributed by atoms with Gasteiger partial charge in [0.15, 0.2) is 0 Å². The molecular formula is C24H19ClN4O5. The van der Waals surface area contributed by atoms with E-state index in [9.17, 15) is 4.79 Å². The number of hydrogen-bond acceptors (Lipinski definition) is 8. The lowest BCUT2D eigenvalue weighted by atomic mass is 10.1. The van der Waals surface area contributed by atoms with Crippen molar-refractivity contribution < 1.29 is 18.4 Å². The third-order valence-electron chi connectivity index (χ3n) is 5.43. The maximum atomic E-state index is 13.3. The van der Waals surface area contributed by atoms with Crippen LogP contribution in [0.5, 0.6) is 11.5 Å². The summed E-state index contributed by atoms with van der Waals surface area (Å²) in [6.07, 6.45) is 1.41. The molecule has 0 aliphatic rings. The van der Waals surface area contributed by atoms with Crippen molar-refractivity contribution in [3.63, 3.8) is 0 Å². The SMILES string of the molecule is COc1ccc(-c2nc(Cn3cnc4onc(-c5ccc(Cl)cc5)c4c3=O)c(C)o2)c(OC)c1. The Morgan fingerprint density at radius 1 is 1.09 bits per heavy atom. The first-order chi connectivity index (χ1) is 16.5. The normalized spacial score (nSPS) is 11.2. The van der Waals surface area contributed by atoms with Crippen LogP contribution in [0, 0.1) is 6.92 Å². The molecule has 2 aromatic carbocycles. The molecule has 10 heteroatoms. The Balaban J connectivity index is 1.53. The molecule has 0 aliphatic carbocycles. The molecule has 3 heterocycles. The van der Waals surface area contributed by atoms with Gasteiger partial charge in [-0.3, -0.25) is 9.36 Å². The molecule has 0 fully saturated rings. The molecule has 5 aromatic rings. The highest BCUT2D eigenvalue weighted by Crippen LogP contribution is 2.34.